The Morgan fingerprint density at radius 3 is 2.54 bits per heavy atom. The molecule has 0 saturated carbocycles. The lowest BCUT2D eigenvalue weighted by Gasteiger charge is -2.15. The molecule has 1 aromatic carbocycles. The number of furan rings is 1. The van der Waals surface area contributed by atoms with Crippen LogP contribution < -0.4 is 9.47 Å². The number of aromatic nitrogens is 2. The molecule has 0 radical (unpaired) electrons. The minimum atomic E-state index is -0.193. The first-order chi connectivity index (χ1) is 12.6. The number of amides is 1. The first-order valence-corrected chi connectivity index (χ1v) is 8.14. The van der Waals surface area contributed by atoms with Crippen molar-refractivity contribution in [3.05, 3.63) is 65.9 Å². The number of carbonyl (C=O) groups is 1. The van der Waals surface area contributed by atoms with Crippen LogP contribution in [0.5, 0.6) is 11.5 Å². The first kappa shape index (κ1) is 17.6. The Morgan fingerprint density at radius 2 is 1.88 bits per heavy atom. The van der Waals surface area contributed by atoms with Crippen molar-refractivity contribution in [1.29, 1.82) is 0 Å². The highest BCUT2D eigenvalue weighted by Gasteiger charge is 2.17. The number of methoxy groups -OCH3 is 1. The lowest BCUT2D eigenvalue weighted by atomic mass is 10.3. The Morgan fingerprint density at radius 1 is 1.15 bits per heavy atom. The van der Waals surface area contributed by atoms with Crippen LogP contribution >= 0.6 is 0 Å². The van der Waals surface area contributed by atoms with Crippen LogP contribution in [-0.4, -0.2) is 34.7 Å². The van der Waals surface area contributed by atoms with Crippen LogP contribution in [0.25, 0.3) is 0 Å². The molecule has 2 aromatic heterocycles. The van der Waals surface area contributed by atoms with Gasteiger partial charge in [-0.2, -0.15) is 5.10 Å². The molecule has 0 atom stereocenters. The zero-order valence-electron chi connectivity index (χ0n) is 15.0. The van der Waals surface area contributed by atoms with Crippen LogP contribution in [0.3, 0.4) is 0 Å². The average Bonchev–Trinajstić information content (AvgIpc) is 3.29. The fraction of sp³-hybridized carbons (Fsp3) is 0.263. The van der Waals surface area contributed by atoms with E-state index in [4.69, 9.17) is 13.9 Å². The van der Waals surface area contributed by atoms with Crippen LogP contribution in [-0.2, 0) is 20.2 Å². The quantitative estimate of drug-likeness (QED) is 0.652. The molecule has 0 aliphatic carbocycles. The van der Waals surface area contributed by atoms with E-state index >= 15 is 0 Å². The van der Waals surface area contributed by atoms with Gasteiger partial charge in [0.1, 0.15) is 23.9 Å². The van der Waals surface area contributed by atoms with Crippen LogP contribution in [0.15, 0.2) is 53.1 Å². The SMILES string of the molecule is COc1ccc(OCc2ccc(C(=O)N(C)Cc3ccnn3C)o2)cc1. The third kappa shape index (κ3) is 4.05. The molecular weight excluding hydrogens is 334 g/mol. The van der Waals surface area contributed by atoms with E-state index in [2.05, 4.69) is 5.10 Å². The van der Waals surface area contributed by atoms with E-state index in [1.165, 1.54) is 0 Å². The van der Waals surface area contributed by atoms with Gasteiger partial charge in [0.05, 0.1) is 19.3 Å². The summed E-state index contributed by atoms with van der Waals surface area (Å²) in [5, 5.41) is 4.10. The second-order valence-corrected chi connectivity index (χ2v) is 5.84. The highest BCUT2D eigenvalue weighted by atomic mass is 16.5. The summed E-state index contributed by atoms with van der Waals surface area (Å²) in [6.07, 6.45) is 1.70. The van der Waals surface area contributed by atoms with Crippen molar-refractivity contribution >= 4 is 5.91 Å². The van der Waals surface area contributed by atoms with Crippen LogP contribution in [0, 0.1) is 0 Å². The monoisotopic (exact) mass is 355 g/mol. The second kappa shape index (κ2) is 7.77. The van der Waals surface area contributed by atoms with Gasteiger partial charge >= 0.3 is 0 Å². The first-order valence-electron chi connectivity index (χ1n) is 8.14. The molecule has 0 fully saturated rings. The molecule has 3 aromatic rings. The van der Waals surface area contributed by atoms with Crippen molar-refractivity contribution in [2.45, 2.75) is 13.2 Å². The molecule has 136 valence electrons. The lowest BCUT2D eigenvalue weighted by molar-refractivity contribution is 0.0746. The molecule has 3 rings (SSSR count). The summed E-state index contributed by atoms with van der Waals surface area (Å²) < 4.78 is 18.1. The number of carbonyl (C=O) groups excluding carboxylic acids is 1. The molecule has 26 heavy (non-hydrogen) atoms. The summed E-state index contributed by atoms with van der Waals surface area (Å²) in [6, 6.07) is 12.5. The predicted octanol–water partition coefficient (Wildman–Crippen LogP) is 2.87. The van der Waals surface area contributed by atoms with Crippen LogP contribution in [0.4, 0.5) is 0 Å². The van der Waals surface area contributed by atoms with Crippen molar-refractivity contribution in [3.63, 3.8) is 0 Å². The number of rotatable bonds is 7. The molecule has 2 heterocycles. The van der Waals surface area contributed by atoms with Crippen molar-refractivity contribution in [1.82, 2.24) is 14.7 Å². The van der Waals surface area contributed by atoms with Crippen molar-refractivity contribution in [2.24, 2.45) is 7.05 Å². The smallest absolute Gasteiger partial charge is 0.289 e. The van der Waals surface area contributed by atoms with Gasteiger partial charge < -0.3 is 18.8 Å². The molecule has 0 spiro atoms. The van der Waals surface area contributed by atoms with Crippen molar-refractivity contribution in [2.75, 3.05) is 14.2 Å². The average molecular weight is 355 g/mol. The van der Waals surface area contributed by atoms with Crippen LogP contribution in [0.2, 0.25) is 0 Å². The number of benzene rings is 1. The number of hydrogen-bond acceptors (Lipinski definition) is 5. The maximum Gasteiger partial charge on any atom is 0.289 e. The molecule has 0 N–H and O–H groups in total. The Balaban J connectivity index is 1.57. The zero-order chi connectivity index (χ0) is 18.5. The van der Waals surface area contributed by atoms with E-state index < -0.39 is 0 Å². The Bertz CT molecular complexity index is 867. The van der Waals surface area contributed by atoms with Gasteiger partial charge in [-0.1, -0.05) is 0 Å². The standard InChI is InChI=1S/C19H21N3O4/c1-21(12-14-10-11-20-22(14)2)19(23)18-9-8-17(26-18)13-25-16-6-4-15(24-3)5-7-16/h4-11H,12-13H2,1-3H3. The maximum atomic E-state index is 12.5. The molecule has 0 bridgehead atoms. The van der Waals surface area contributed by atoms with Crippen LogP contribution in [0.1, 0.15) is 22.0 Å². The molecule has 7 heteroatoms. The van der Waals surface area contributed by atoms with Crippen molar-refractivity contribution < 1.29 is 18.7 Å². The molecular formula is C19H21N3O4. The van der Waals surface area contributed by atoms with Crippen molar-refractivity contribution in [3.8, 4) is 11.5 Å². The minimum absolute atomic E-state index is 0.193. The molecule has 1 amide bonds. The topological polar surface area (TPSA) is 69.7 Å². The molecule has 0 saturated heterocycles. The van der Waals surface area contributed by atoms with Gasteiger partial charge in [-0.3, -0.25) is 9.48 Å². The molecule has 0 unspecified atom stereocenters. The summed E-state index contributed by atoms with van der Waals surface area (Å²) in [5.41, 5.74) is 0.940. The Kier molecular flexibility index (Phi) is 5.26. The lowest BCUT2D eigenvalue weighted by Crippen LogP contribution is -2.26. The van der Waals surface area contributed by atoms with Gasteiger partial charge in [-0.05, 0) is 42.5 Å². The highest BCUT2D eigenvalue weighted by molar-refractivity contribution is 5.91. The van der Waals surface area contributed by atoms with Gasteiger partial charge in [0, 0.05) is 20.3 Å². The van der Waals surface area contributed by atoms with Gasteiger partial charge in [-0.25, -0.2) is 0 Å². The zero-order valence-corrected chi connectivity index (χ0v) is 15.0. The summed E-state index contributed by atoms with van der Waals surface area (Å²) in [6.45, 7) is 0.693. The largest absolute Gasteiger partial charge is 0.497 e. The number of hydrogen-bond donors (Lipinski definition) is 0. The summed E-state index contributed by atoms with van der Waals surface area (Å²) in [7, 11) is 5.18. The minimum Gasteiger partial charge on any atom is -0.497 e. The maximum absolute atomic E-state index is 12.5. The number of nitrogens with zero attached hydrogens (tertiary/aromatic N) is 3. The third-order valence-electron chi connectivity index (χ3n) is 3.98. The molecule has 7 nitrogen and oxygen atoms in total. The predicted molar refractivity (Wildman–Crippen MR) is 95.0 cm³/mol. The number of ether oxygens (including phenoxy) is 2. The fourth-order valence-electron chi connectivity index (χ4n) is 2.46. The summed E-state index contributed by atoms with van der Waals surface area (Å²) >= 11 is 0. The van der Waals surface area contributed by atoms with E-state index in [0.29, 0.717) is 18.1 Å². The molecule has 0 aliphatic heterocycles. The van der Waals surface area contributed by atoms with E-state index in [1.54, 1.807) is 42.1 Å². The van der Waals surface area contributed by atoms with Gasteiger partial charge in [0.2, 0.25) is 0 Å². The van der Waals surface area contributed by atoms with E-state index in [-0.39, 0.29) is 18.3 Å². The van der Waals surface area contributed by atoms with Gasteiger partial charge in [-0.15, -0.1) is 0 Å². The fourth-order valence-corrected chi connectivity index (χ4v) is 2.46. The van der Waals surface area contributed by atoms with Gasteiger partial charge in [0.15, 0.2) is 5.76 Å². The Hall–Kier alpha value is -3.22. The third-order valence-corrected chi connectivity index (χ3v) is 3.98. The summed E-state index contributed by atoms with van der Waals surface area (Å²) in [4.78, 5) is 14.1. The normalized spacial score (nSPS) is 10.6. The Labute approximate surface area is 151 Å². The van der Waals surface area contributed by atoms with E-state index in [0.717, 1.165) is 11.4 Å². The van der Waals surface area contributed by atoms with Gasteiger partial charge in [0.25, 0.3) is 5.91 Å². The highest BCUT2D eigenvalue weighted by Crippen LogP contribution is 2.19. The van der Waals surface area contributed by atoms with E-state index in [1.807, 2.05) is 37.4 Å². The second-order valence-electron chi connectivity index (χ2n) is 5.84. The van der Waals surface area contributed by atoms with E-state index in [9.17, 15) is 4.79 Å². The number of aryl methyl sites for hydroxylation is 1. The summed E-state index contributed by atoms with van der Waals surface area (Å²) in [5.74, 6) is 2.13. The molecule has 0 aliphatic rings.